The number of esters is 1. The van der Waals surface area contributed by atoms with Gasteiger partial charge in [0.05, 0.1) is 16.5 Å². The topological polar surface area (TPSA) is 98.5 Å². The minimum atomic E-state index is -0.673. The van der Waals surface area contributed by atoms with Crippen LogP contribution < -0.4 is 11.1 Å². The number of anilines is 1. The van der Waals surface area contributed by atoms with Crippen LogP contribution >= 0.6 is 22.9 Å². The first kappa shape index (κ1) is 19.0. The number of thiophene rings is 1. The number of carbonyl (C=O) groups excluding carboxylic acids is 3. The molecule has 0 fully saturated rings. The van der Waals surface area contributed by atoms with Gasteiger partial charge in [-0.05, 0) is 50.6 Å². The number of benzene rings is 1. The Morgan fingerprint density at radius 3 is 2.32 bits per heavy atom. The van der Waals surface area contributed by atoms with Crippen LogP contribution in [0.5, 0.6) is 0 Å². The first-order valence-electron chi connectivity index (χ1n) is 7.41. The first-order valence-corrected chi connectivity index (χ1v) is 8.61. The van der Waals surface area contributed by atoms with E-state index in [0.717, 1.165) is 11.3 Å². The van der Waals surface area contributed by atoms with E-state index in [1.54, 1.807) is 45.0 Å². The second-order valence-corrected chi connectivity index (χ2v) is 7.00. The van der Waals surface area contributed by atoms with Gasteiger partial charge in [-0.1, -0.05) is 11.6 Å². The summed E-state index contributed by atoms with van der Waals surface area (Å²) in [4.78, 5) is 36.5. The number of hydrogen-bond acceptors (Lipinski definition) is 5. The van der Waals surface area contributed by atoms with Gasteiger partial charge in [0.25, 0.3) is 11.8 Å². The summed E-state index contributed by atoms with van der Waals surface area (Å²) < 4.78 is 5.20. The summed E-state index contributed by atoms with van der Waals surface area (Å²) in [6, 6.07) is 6.27. The number of hydrogen-bond donors (Lipinski definition) is 2. The SMILES string of the molecule is Cc1c(C(N)=O)sc(NC(=O)c2ccc(Cl)cc2)c1C(=O)OC(C)C. The lowest BCUT2D eigenvalue weighted by Gasteiger charge is -2.10. The lowest BCUT2D eigenvalue weighted by atomic mass is 10.1. The Hall–Kier alpha value is -2.38. The maximum absolute atomic E-state index is 12.4. The van der Waals surface area contributed by atoms with Crippen LogP contribution in [0.1, 0.15) is 49.8 Å². The Labute approximate surface area is 153 Å². The van der Waals surface area contributed by atoms with Crippen LogP contribution in [0.25, 0.3) is 0 Å². The van der Waals surface area contributed by atoms with Gasteiger partial charge in [0, 0.05) is 10.6 Å². The average molecular weight is 381 g/mol. The largest absolute Gasteiger partial charge is 0.459 e. The molecule has 0 aliphatic heterocycles. The molecule has 25 heavy (non-hydrogen) atoms. The molecule has 0 spiro atoms. The zero-order valence-electron chi connectivity index (χ0n) is 13.9. The number of amides is 2. The summed E-state index contributed by atoms with van der Waals surface area (Å²) in [7, 11) is 0. The van der Waals surface area contributed by atoms with E-state index in [0.29, 0.717) is 16.1 Å². The minimum Gasteiger partial charge on any atom is -0.459 e. The van der Waals surface area contributed by atoms with Crippen LogP contribution in [0, 0.1) is 6.92 Å². The van der Waals surface area contributed by atoms with E-state index in [-0.39, 0.29) is 21.5 Å². The third kappa shape index (κ3) is 4.37. The Bertz CT molecular complexity index is 828. The number of halogens is 1. The second kappa shape index (κ2) is 7.67. The number of rotatable bonds is 5. The maximum Gasteiger partial charge on any atom is 0.341 e. The summed E-state index contributed by atoms with van der Waals surface area (Å²) >= 11 is 6.75. The van der Waals surface area contributed by atoms with Crippen LogP contribution in [-0.4, -0.2) is 23.9 Å². The number of nitrogens with two attached hydrogens (primary N) is 1. The summed E-state index contributed by atoms with van der Waals surface area (Å²) in [5.41, 5.74) is 6.23. The van der Waals surface area contributed by atoms with Gasteiger partial charge in [0.2, 0.25) is 0 Å². The van der Waals surface area contributed by atoms with E-state index in [1.807, 2.05) is 0 Å². The highest BCUT2D eigenvalue weighted by Gasteiger charge is 2.26. The molecule has 0 saturated heterocycles. The Balaban J connectivity index is 2.40. The molecule has 2 aromatic rings. The molecule has 3 N–H and O–H groups in total. The molecule has 0 bridgehead atoms. The van der Waals surface area contributed by atoms with E-state index in [4.69, 9.17) is 22.1 Å². The Morgan fingerprint density at radius 1 is 1.20 bits per heavy atom. The standard InChI is InChI=1S/C17H17ClN2O4S/c1-8(2)24-17(23)12-9(3)13(14(19)21)25-16(12)20-15(22)10-4-6-11(18)7-5-10/h4-8H,1-3H3,(H2,19,21)(H,20,22). The first-order chi connectivity index (χ1) is 11.7. The van der Waals surface area contributed by atoms with E-state index in [2.05, 4.69) is 5.32 Å². The zero-order valence-corrected chi connectivity index (χ0v) is 15.5. The fourth-order valence-electron chi connectivity index (χ4n) is 2.13. The molecule has 1 aromatic carbocycles. The van der Waals surface area contributed by atoms with Crippen molar-refractivity contribution in [3.8, 4) is 0 Å². The predicted molar refractivity (Wildman–Crippen MR) is 97.5 cm³/mol. The Kier molecular flexibility index (Phi) is 5.81. The highest BCUT2D eigenvalue weighted by atomic mass is 35.5. The summed E-state index contributed by atoms with van der Waals surface area (Å²) in [6.45, 7) is 5.01. The summed E-state index contributed by atoms with van der Waals surface area (Å²) in [6.07, 6.45) is -0.344. The summed E-state index contributed by atoms with van der Waals surface area (Å²) in [5.74, 6) is -1.73. The fraction of sp³-hybridized carbons (Fsp3) is 0.235. The highest BCUT2D eigenvalue weighted by molar-refractivity contribution is 7.18. The predicted octanol–water partition coefficient (Wildman–Crippen LogP) is 3.63. The second-order valence-electron chi connectivity index (χ2n) is 5.54. The van der Waals surface area contributed by atoms with Crippen molar-refractivity contribution in [1.29, 1.82) is 0 Å². The zero-order chi connectivity index (χ0) is 18.7. The summed E-state index contributed by atoms with van der Waals surface area (Å²) in [5, 5.41) is 3.36. The van der Waals surface area contributed by atoms with Gasteiger partial charge in [0.15, 0.2) is 0 Å². The van der Waals surface area contributed by atoms with Crippen molar-refractivity contribution in [2.24, 2.45) is 5.73 Å². The van der Waals surface area contributed by atoms with Crippen LogP contribution in [0.3, 0.4) is 0 Å². The molecule has 6 nitrogen and oxygen atoms in total. The van der Waals surface area contributed by atoms with E-state index in [9.17, 15) is 14.4 Å². The molecule has 0 aliphatic rings. The minimum absolute atomic E-state index is 0.134. The normalized spacial score (nSPS) is 10.6. The molecular weight excluding hydrogens is 364 g/mol. The fourth-order valence-corrected chi connectivity index (χ4v) is 3.30. The van der Waals surface area contributed by atoms with Crippen LogP contribution in [0.4, 0.5) is 5.00 Å². The van der Waals surface area contributed by atoms with Crippen molar-refractivity contribution < 1.29 is 19.1 Å². The molecule has 0 unspecified atom stereocenters. The Morgan fingerprint density at radius 2 is 1.80 bits per heavy atom. The average Bonchev–Trinajstić information content (AvgIpc) is 2.83. The molecule has 0 saturated carbocycles. The van der Waals surface area contributed by atoms with Crippen molar-refractivity contribution in [2.45, 2.75) is 26.9 Å². The van der Waals surface area contributed by atoms with E-state index in [1.165, 1.54) is 0 Å². The lowest BCUT2D eigenvalue weighted by molar-refractivity contribution is 0.0379. The molecule has 0 aliphatic carbocycles. The number of carbonyl (C=O) groups is 3. The lowest BCUT2D eigenvalue weighted by Crippen LogP contribution is -2.17. The smallest absolute Gasteiger partial charge is 0.341 e. The van der Waals surface area contributed by atoms with Gasteiger partial charge in [-0.3, -0.25) is 9.59 Å². The highest BCUT2D eigenvalue weighted by Crippen LogP contribution is 2.34. The molecule has 1 heterocycles. The van der Waals surface area contributed by atoms with Crippen LogP contribution in [0.15, 0.2) is 24.3 Å². The van der Waals surface area contributed by atoms with Crippen molar-refractivity contribution in [3.63, 3.8) is 0 Å². The van der Waals surface area contributed by atoms with Crippen LogP contribution in [0.2, 0.25) is 5.02 Å². The van der Waals surface area contributed by atoms with Crippen molar-refractivity contribution in [2.75, 3.05) is 5.32 Å². The molecule has 0 radical (unpaired) electrons. The van der Waals surface area contributed by atoms with Crippen molar-refractivity contribution in [1.82, 2.24) is 0 Å². The van der Waals surface area contributed by atoms with Crippen LogP contribution in [-0.2, 0) is 4.74 Å². The molecule has 132 valence electrons. The third-order valence-electron chi connectivity index (χ3n) is 3.25. The van der Waals surface area contributed by atoms with Gasteiger partial charge < -0.3 is 15.8 Å². The van der Waals surface area contributed by atoms with Gasteiger partial charge in [-0.15, -0.1) is 11.3 Å². The molecule has 1 aromatic heterocycles. The van der Waals surface area contributed by atoms with Crippen molar-refractivity contribution >= 4 is 45.7 Å². The van der Waals surface area contributed by atoms with Gasteiger partial charge >= 0.3 is 5.97 Å². The number of ether oxygens (including phenoxy) is 1. The maximum atomic E-state index is 12.4. The van der Waals surface area contributed by atoms with Gasteiger partial charge in [0.1, 0.15) is 5.00 Å². The monoisotopic (exact) mass is 380 g/mol. The molecule has 0 atom stereocenters. The number of primary amides is 1. The number of nitrogens with one attached hydrogen (secondary N) is 1. The van der Waals surface area contributed by atoms with Gasteiger partial charge in [-0.25, -0.2) is 4.79 Å². The molecule has 2 rings (SSSR count). The quantitative estimate of drug-likeness (QED) is 0.774. The molecule has 8 heteroatoms. The molecular formula is C17H17ClN2O4S. The molecule has 2 amide bonds. The van der Waals surface area contributed by atoms with Gasteiger partial charge in [-0.2, -0.15) is 0 Å². The van der Waals surface area contributed by atoms with E-state index < -0.39 is 17.8 Å². The third-order valence-corrected chi connectivity index (χ3v) is 4.72. The van der Waals surface area contributed by atoms with E-state index >= 15 is 0 Å². The van der Waals surface area contributed by atoms with Crippen molar-refractivity contribution in [3.05, 3.63) is 50.9 Å².